The molecule has 0 saturated heterocycles. The number of nitrogens with two attached hydrogens (primary N) is 1. The quantitative estimate of drug-likeness (QED) is 0.692. The monoisotopic (exact) mass is 351 g/mol. The second-order valence-corrected chi connectivity index (χ2v) is 6.55. The van der Waals surface area contributed by atoms with Crippen LogP contribution >= 0.6 is 15.9 Å². The van der Waals surface area contributed by atoms with Crippen LogP contribution in [0.1, 0.15) is 19.8 Å². The summed E-state index contributed by atoms with van der Waals surface area (Å²) in [5.74, 6) is -0.0158. The zero-order chi connectivity index (χ0) is 14.3. The first-order chi connectivity index (χ1) is 8.97. The van der Waals surface area contributed by atoms with Crippen molar-refractivity contribution in [1.82, 2.24) is 9.71 Å². The molecule has 8 heteroatoms. The molecule has 1 rings (SSSR count). The number of nitrogens with one attached hydrogen (secondary N) is 1. The number of hydrogen-bond acceptors (Lipinski definition) is 5. The summed E-state index contributed by atoms with van der Waals surface area (Å²) in [6.45, 7) is 3.54. The number of rotatable bonds is 8. The van der Waals surface area contributed by atoms with E-state index < -0.39 is 10.0 Å². The Morgan fingerprint density at radius 2 is 2.21 bits per heavy atom. The summed E-state index contributed by atoms with van der Waals surface area (Å²) in [7, 11) is -3.63. The highest BCUT2D eigenvalue weighted by Crippen LogP contribution is 2.20. The lowest BCUT2D eigenvalue weighted by atomic mass is 10.4. The molecule has 0 bridgehead atoms. The Labute approximate surface area is 121 Å². The Morgan fingerprint density at radius 3 is 2.89 bits per heavy atom. The number of sulfonamides is 1. The summed E-state index contributed by atoms with van der Waals surface area (Å²) >= 11 is 3.17. The number of nitrogen functional groups attached to an aromatic ring is 1. The maximum absolute atomic E-state index is 12.0. The molecule has 3 N–H and O–H groups in total. The van der Waals surface area contributed by atoms with Gasteiger partial charge in [-0.1, -0.05) is 6.92 Å². The van der Waals surface area contributed by atoms with Crippen LogP contribution in [0.5, 0.6) is 0 Å². The molecule has 108 valence electrons. The van der Waals surface area contributed by atoms with E-state index in [1.165, 1.54) is 12.3 Å². The molecule has 0 spiro atoms. The Kier molecular flexibility index (Phi) is 6.70. The SMILES string of the molecule is CCCOCCCNS(=O)(=O)c1cc(Br)cnc1N. The van der Waals surface area contributed by atoms with Crippen molar-refractivity contribution in [3.8, 4) is 0 Å². The number of pyridine rings is 1. The first-order valence-electron chi connectivity index (χ1n) is 5.96. The van der Waals surface area contributed by atoms with Gasteiger partial charge in [0.05, 0.1) is 0 Å². The van der Waals surface area contributed by atoms with Gasteiger partial charge in [-0.05, 0) is 34.8 Å². The van der Waals surface area contributed by atoms with Gasteiger partial charge in [0.2, 0.25) is 10.0 Å². The zero-order valence-electron chi connectivity index (χ0n) is 10.7. The van der Waals surface area contributed by atoms with E-state index in [-0.39, 0.29) is 10.7 Å². The second-order valence-electron chi connectivity index (χ2n) is 3.90. The van der Waals surface area contributed by atoms with Gasteiger partial charge in [0, 0.05) is 30.4 Å². The van der Waals surface area contributed by atoms with Crippen molar-refractivity contribution in [3.63, 3.8) is 0 Å². The molecular formula is C11H18BrN3O3S. The zero-order valence-corrected chi connectivity index (χ0v) is 13.1. The average Bonchev–Trinajstić information content (AvgIpc) is 2.36. The molecule has 0 aliphatic carbocycles. The topological polar surface area (TPSA) is 94.3 Å². The molecule has 0 unspecified atom stereocenters. The van der Waals surface area contributed by atoms with Crippen molar-refractivity contribution in [3.05, 3.63) is 16.7 Å². The molecule has 0 aliphatic heterocycles. The van der Waals surface area contributed by atoms with Crippen LogP contribution in [0.3, 0.4) is 0 Å². The van der Waals surface area contributed by atoms with Crippen LogP contribution in [-0.4, -0.2) is 33.2 Å². The van der Waals surface area contributed by atoms with E-state index >= 15 is 0 Å². The molecule has 1 heterocycles. The van der Waals surface area contributed by atoms with E-state index in [1.807, 2.05) is 6.92 Å². The van der Waals surface area contributed by atoms with E-state index in [9.17, 15) is 8.42 Å². The molecule has 0 amide bonds. The van der Waals surface area contributed by atoms with Gasteiger partial charge < -0.3 is 10.5 Å². The standard InChI is InChI=1S/C11H18BrN3O3S/c1-2-5-18-6-3-4-15-19(16,17)10-7-9(12)8-14-11(10)13/h7-8,15H,2-6H2,1H3,(H2,13,14). The van der Waals surface area contributed by atoms with Gasteiger partial charge in [0.15, 0.2) is 0 Å². The van der Waals surface area contributed by atoms with Gasteiger partial charge >= 0.3 is 0 Å². The highest BCUT2D eigenvalue weighted by Gasteiger charge is 2.18. The van der Waals surface area contributed by atoms with E-state index in [4.69, 9.17) is 10.5 Å². The lowest BCUT2D eigenvalue weighted by Crippen LogP contribution is -2.26. The Balaban J connectivity index is 2.54. The van der Waals surface area contributed by atoms with Crippen LogP contribution in [0.25, 0.3) is 0 Å². The number of aromatic nitrogens is 1. The molecule has 6 nitrogen and oxygen atoms in total. The number of nitrogens with zero attached hydrogens (tertiary/aromatic N) is 1. The van der Waals surface area contributed by atoms with Gasteiger partial charge in [-0.3, -0.25) is 0 Å². The van der Waals surface area contributed by atoms with Crippen molar-refractivity contribution in [2.45, 2.75) is 24.7 Å². The minimum Gasteiger partial charge on any atom is -0.383 e. The number of halogens is 1. The third-order valence-corrected chi connectivity index (χ3v) is 4.17. The summed E-state index contributed by atoms with van der Waals surface area (Å²) in [6, 6.07) is 1.43. The van der Waals surface area contributed by atoms with Crippen molar-refractivity contribution in [2.75, 3.05) is 25.5 Å². The van der Waals surface area contributed by atoms with E-state index in [2.05, 4.69) is 25.6 Å². The summed E-state index contributed by atoms with van der Waals surface area (Å²) in [5, 5.41) is 0. The number of hydrogen-bond donors (Lipinski definition) is 2. The molecule has 1 aromatic rings. The summed E-state index contributed by atoms with van der Waals surface area (Å²) in [6.07, 6.45) is 3.01. The van der Waals surface area contributed by atoms with Gasteiger partial charge in [0.25, 0.3) is 0 Å². The first-order valence-corrected chi connectivity index (χ1v) is 8.23. The maximum Gasteiger partial charge on any atom is 0.244 e. The fourth-order valence-electron chi connectivity index (χ4n) is 1.35. The third kappa shape index (κ3) is 5.43. The van der Waals surface area contributed by atoms with Crippen LogP contribution in [0.4, 0.5) is 5.82 Å². The van der Waals surface area contributed by atoms with Crippen LogP contribution in [0, 0.1) is 0 Å². The molecular weight excluding hydrogens is 334 g/mol. The lowest BCUT2D eigenvalue weighted by Gasteiger charge is -2.09. The second kappa shape index (κ2) is 7.78. The van der Waals surface area contributed by atoms with Crippen LogP contribution in [0.2, 0.25) is 0 Å². The average molecular weight is 352 g/mol. The third-order valence-electron chi connectivity index (χ3n) is 2.24. The first kappa shape index (κ1) is 16.4. The Bertz CT molecular complexity index is 508. The van der Waals surface area contributed by atoms with Crippen LogP contribution in [-0.2, 0) is 14.8 Å². The van der Waals surface area contributed by atoms with Crippen molar-refractivity contribution >= 4 is 31.8 Å². The van der Waals surface area contributed by atoms with Crippen molar-refractivity contribution in [1.29, 1.82) is 0 Å². The molecule has 0 fully saturated rings. The van der Waals surface area contributed by atoms with Gasteiger partial charge in [-0.2, -0.15) is 0 Å². The maximum atomic E-state index is 12.0. The minimum absolute atomic E-state index is 0.0158. The highest BCUT2D eigenvalue weighted by atomic mass is 79.9. The molecule has 0 aromatic carbocycles. The molecule has 1 aromatic heterocycles. The largest absolute Gasteiger partial charge is 0.383 e. The normalized spacial score (nSPS) is 11.7. The van der Waals surface area contributed by atoms with E-state index in [0.717, 1.165) is 6.42 Å². The highest BCUT2D eigenvalue weighted by molar-refractivity contribution is 9.10. The predicted molar refractivity (Wildman–Crippen MR) is 77.3 cm³/mol. The predicted octanol–water partition coefficient (Wildman–Crippen LogP) is 1.52. The summed E-state index contributed by atoms with van der Waals surface area (Å²) in [4.78, 5) is 3.78. The van der Waals surface area contributed by atoms with E-state index in [0.29, 0.717) is 30.7 Å². The minimum atomic E-state index is -3.63. The molecule has 0 aliphatic rings. The molecule has 19 heavy (non-hydrogen) atoms. The fourth-order valence-corrected chi connectivity index (χ4v) is 3.01. The van der Waals surface area contributed by atoms with E-state index in [1.54, 1.807) is 0 Å². The number of ether oxygens (including phenoxy) is 1. The molecule has 0 saturated carbocycles. The van der Waals surface area contributed by atoms with Gasteiger partial charge in [-0.25, -0.2) is 18.1 Å². The number of anilines is 1. The van der Waals surface area contributed by atoms with Crippen molar-refractivity contribution < 1.29 is 13.2 Å². The van der Waals surface area contributed by atoms with Gasteiger partial charge in [0.1, 0.15) is 10.7 Å². The fraction of sp³-hybridized carbons (Fsp3) is 0.545. The Hall–Kier alpha value is -0.700. The van der Waals surface area contributed by atoms with Crippen LogP contribution in [0.15, 0.2) is 21.6 Å². The summed E-state index contributed by atoms with van der Waals surface area (Å²) < 4.78 is 32.3. The smallest absolute Gasteiger partial charge is 0.244 e. The Morgan fingerprint density at radius 1 is 1.47 bits per heavy atom. The molecule has 0 radical (unpaired) electrons. The van der Waals surface area contributed by atoms with Crippen molar-refractivity contribution in [2.24, 2.45) is 0 Å². The van der Waals surface area contributed by atoms with Crippen LogP contribution < -0.4 is 10.5 Å². The van der Waals surface area contributed by atoms with Gasteiger partial charge in [-0.15, -0.1) is 0 Å². The summed E-state index contributed by atoms with van der Waals surface area (Å²) in [5.41, 5.74) is 5.57. The lowest BCUT2D eigenvalue weighted by molar-refractivity contribution is 0.133. The molecule has 0 atom stereocenters.